The van der Waals surface area contributed by atoms with Crippen molar-refractivity contribution < 1.29 is 19.1 Å². The Kier molecular flexibility index (Phi) is 5.43. The van der Waals surface area contributed by atoms with Gasteiger partial charge in [0.25, 0.3) is 0 Å². The molecule has 25 heavy (non-hydrogen) atoms. The molecule has 2 heterocycles. The molecule has 0 aliphatic carbocycles. The first-order chi connectivity index (χ1) is 12.1. The predicted molar refractivity (Wildman–Crippen MR) is 94.5 cm³/mol. The molecule has 0 atom stereocenters. The molecule has 7 heteroatoms. The first kappa shape index (κ1) is 17.5. The van der Waals surface area contributed by atoms with Gasteiger partial charge >= 0.3 is 5.97 Å². The number of thioether (sulfide) groups is 1. The van der Waals surface area contributed by atoms with Crippen LogP contribution >= 0.6 is 11.8 Å². The van der Waals surface area contributed by atoms with Crippen LogP contribution in [0.5, 0.6) is 0 Å². The minimum atomic E-state index is -0.496. The molecule has 1 aromatic carbocycles. The van der Waals surface area contributed by atoms with Gasteiger partial charge in [0.2, 0.25) is 11.8 Å². The van der Waals surface area contributed by atoms with Crippen molar-refractivity contribution in [3.05, 3.63) is 46.5 Å². The van der Waals surface area contributed by atoms with E-state index in [0.29, 0.717) is 18.1 Å². The van der Waals surface area contributed by atoms with Crippen LogP contribution in [0.4, 0.5) is 0 Å². The number of nitrogens with zero attached hydrogens (tertiary/aromatic N) is 2. The van der Waals surface area contributed by atoms with Crippen LogP contribution in [0, 0.1) is 0 Å². The molecule has 6 nitrogen and oxygen atoms in total. The number of carbonyl (C=O) groups excluding carboxylic acids is 3. The SMILES string of the molecule is CCOC(=O)/C=C1\SCC(=O)N1CC(=O)N1CCc2ccccc2C1. The van der Waals surface area contributed by atoms with E-state index in [1.54, 1.807) is 11.8 Å². The van der Waals surface area contributed by atoms with Gasteiger partial charge in [0.15, 0.2) is 0 Å². The Morgan fingerprint density at radius 2 is 2.04 bits per heavy atom. The van der Waals surface area contributed by atoms with E-state index >= 15 is 0 Å². The molecule has 2 aliphatic heterocycles. The highest BCUT2D eigenvalue weighted by atomic mass is 32.2. The lowest BCUT2D eigenvalue weighted by Gasteiger charge is -2.30. The summed E-state index contributed by atoms with van der Waals surface area (Å²) in [5.74, 6) is -0.531. The molecule has 0 N–H and O–H groups in total. The van der Waals surface area contributed by atoms with Crippen molar-refractivity contribution in [3.8, 4) is 0 Å². The third-order valence-electron chi connectivity index (χ3n) is 4.22. The fourth-order valence-electron chi connectivity index (χ4n) is 2.93. The summed E-state index contributed by atoms with van der Waals surface area (Å²) in [6.45, 7) is 3.15. The number of esters is 1. The van der Waals surface area contributed by atoms with Gasteiger partial charge in [-0.05, 0) is 24.5 Å². The van der Waals surface area contributed by atoms with Crippen molar-refractivity contribution in [2.45, 2.75) is 19.9 Å². The van der Waals surface area contributed by atoms with E-state index in [4.69, 9.17) is 4.74 Å². The molecule has 0 unspecified atom stereocenters. The van der Waals surface area contributed by atoms with Crippen LogP contribution in [0.3, 0.4) is 0 Å². The molecular weight excluding hydrogens is 340 g/mol. The minimum Gasteiger partial charge on any atom is -0.463 e. The second-order valence-electron chi connectivity index (χ2n) is 5.84. The lowest BCUT2D eigenvalue weighted by atomic mass is 10.00. The smallest absolute Gasteiger partial charge is 0.333 e. The molecule has 1 saturated heterocycles. The summed E-state index contributed by atoms with van der Waals surface area (Å²) in [5.41, 5.74) is 2.41. The van der Waals surface area contributed by atoms with Crippen molar-refractivity contribution in [2.75, 3.05) is 25.4 Å². The van der Waals surface area contributed by atoms with E-state index in [0.717, 1.165) is 12.0 Å². The highest BCUT2D eigenvalue weighted by Crippen LogP contribution is 2.29. The number of carbonyl (C=O) groups is 3. The number of benzene rings is 1. The predicted octanol–water partition coefficient (Wildman–Crippen LogP) is 1.55. The molecule has 1 fully saturated rings. The molecule has 2 aliphatic rings. The quantitative estimate of drug-likeness (QED) is 0.602. The van der Waals surface area contributed by atoms with E-state index < -0.39 is 5.97 Å². The van der Waals surface area contributed by atoms with Crippen LogP contribution in [0.1, 0.15) is 18.1 Å². The Morgan fingerprint density at radius 1 is 1.28 bits per heavy atom. The number of fused-ring (bicyclic) bond motifs is 1. The normalized spacial score (nSPS) is 18.4. The van der Waals surface area contributed by atoms with Crippen LogP contribution in [0.2, 0.25) is 0 Å². The van der Waals surface area contributed by atoms with Crippen LogP contribution in [-0.2, 0) is 32.1 Å². The first-order valence-corrected chi connectivity index (χ1v) is 9.23. The lowest BCUT2D eigenvalue weighted by molar-refractivity contribution is -0.138. The largest absolute Gasteiger partial charge is 0.463 e. The molecule has 3 rings (SSSR count). The zero-order valence-corrected chi connectivity index (χ0v) is 14.9. The second kappa shape index (κ2) is 7.74. The van der Waals surface area contributed by atoms with E-state index in [1.807, 2.05) is 18.2 Å². The maximum absolute atomic E-state index is 12.6. The zero-order chi connectivity index (χ0) is 17.8. The highest BCUT2D eigenvalue weighted by molar-refractivity contribution is 8.04. The molecule has 2 amide bonds. The van der Waals surface area contributed by atoms with Crippen molar-refractivity contribution >= 4 is 29.5 Å². The van der Waals surface area contributed by atoms with Crippen LogP contribution in [-0.4, -0.2) is 53.0 Å². The summed E-state index contributed by atoms with van der Waals surface area (Å²) in [6, 6.07) is 8.08. The Morgan fingerprint density at radius 3 is 2.80 bits per heavy atom. The van der Waals surface area contributed by atoms with Gasteiger partial charge < -0.3 is 9.64 Å². The first-order valence-electron chi connectivity index (χ1n) is 8.24. The van der Waals surface area contributed by atoms with Gasteiger partial charge in [0.1, 0.15) is 6.54 Å². The van der Waals surface area contributed by atoms with Gasteiger partial charge in [-0.15, -0.1) is 0 Å². The third kappa shape index (κ3) is 4.04. The van der Waals surface area contributed by atoms with Crippen molar-refractivity contribution in [1.29, 1.82) is 0 Å². The fourth-order valence-corrected chi connectivity index (χ4v) is 3.86. The second-order valence-corrected chi connectivity index (χ2v) is 6.83. The Balaban J connectivity index is 1.67. The molecule has 132 valence electrons. The number of hydrogen-bond donors (Lipinski definition) is 0. The molecule has 1 aromatic rings. The van der Waals surface area contributed by atoms with Crippen molar-refractivity contribution in [3.63, 3.8) is 0 Å². The molecule has 0 spiro atoms. The van der Waals surface area contributed by atoms with E-state index in [1.165, 1.54) is 28.3 Å². The van der Waals surface area contributed by atoms with Gasteiger partial charge in [-0.25, -0.2) is 4.79 Å². The summed E-state index contributed by atoms with van der Waals surface area (Å²) in [5, 5.41) is 0.481. The van der Waals surface area contributed by atoms with Crippen LogP contribution in [0.25, 0.3) is 0 Å². The monoisotopic (exact) mass is 360 g/mol. The van der Waals surface area contributed by atoms with Gasteiger partial charge in [-0.2, -0.15) is 0 Å². The average Bonchev–Trinajstić information content (AvgIpc) is 2.94. The highest BCUT2D eigenvalue weighted by Gasteiger charge is 2.31. The van der Waals surface area contributed by atoms with E-state index in [-0.39, 0.29) is 30.7 Å². The van der Waals surface area contributed by atoms with Crippen molar-refractivity contribution in [1.82, 2.24) is 9.80 Å². The maximum Gasteiger partial charge on any atom is 0.333 e. The summed E-state index contributed by atoms with van der Waals surface area (Å²) in [4.78, 5) is 39.5. The standard InChI is InChI=1S/C18H20N2O4S/c1-2-24-18(23)9-17-20(16(22)12-25-17)11-15(21)19-8-7-13-5-3-4-6-14(13)10-19/h3-6,9H,2,7-8,10-12H2,1H3/b17-9-. The molecular formula is C18H20N2O4S. The maximum atomic E-state index is 12.6. The molecule has 0 saturated carbocycles. The summed E-state index contributed by atoms with van der Waals surface area (Å²) < 4.78 is 4.89. The average molecular weight is 360 g/mol. The van der Waals surface area contributed by atoms with E-state index in [2.05, 4.69) is 6.07 Å². The third-order valence-corrected chi connectivity index (χ3v) is 5.24. The van der Waals surface area contributed by atoms with Gasteiger partial charge in [0.05, 0.1) is 23.5 Å². The number of amides is 2. The summed E-state index contributed by atoms with van der Waals surface area (Å²) in [6.07, 6.45) is 2.11. The minimum absolute atomic E-state index is 0.0424. The Hall–Kier alpha value is -2.28. The molecule has 0 bridgehead atoms. The summed E-state index contributed by atoms with van der Waals surface area (Å²) >= 11 is 1.26. The molecule has 0 aromatic heterocycles. The topological polar surface area (TPSA) is 66.9 Å². The lowest BCUT2D eigenvalue weighted by Crippen LogP contribution is -2.42. The number of rotatable bonds is 4. The van der Waals surface area contributed by atoms with Crippen molar-refractivity contribution in [2.24, 2.45) is 0 Å². The van der Waals surface area contributed by atoms with Gasteiger partial charge in [-0.3, -0.25) is 14.5 Å². The number of ether oxygens (including phenoxy) is 1. The summed E-state index contributed by atoms with van der Waals surface area (Å²) in [7, 11) is 0. The zero-order valence-electron chi connectivity index (χ0n) is 14.1. The van der Waals surface area contributed by atoms with Crippen LogP contribution < -0.4 is 0 Å². The Bertz CT molecular complexity index is 732. The fraction of sp³-hybridized carbons (Fsp3) is 0.389. The van der Waals surface area contributed by atoms with Gasteiger partial charge in [-0.1, -0.05) is 36.0 Å². The molecule has 0 radical (unpaired) electrons. The van der Waals surface area contributed by atoms with Gasteiger partial charge in [0, 0.05) is 13.1 Å². The van der Waals surface area contributed by atoms with E-state index in [9.17, 15) is 14.4 Å². The van der Waals surface area contributed by atoms with Crippen LogP contribution in [0.15, 0.2) is 35.4 Å². The Labute approximate surface area is 150 Å². The number of hydrogen-bond acceptors (Lipinski definition) is 5.